The van der Waals surface area contributed by atoms with Crippen LogP contribution in [-0.4, -0.2) is 5.78 Å². The van der Waals surface area contributed by atoms with Gasteiger partial charge < -0.3 is 10.6 Å². The van der Waals surface area contributed by atoms with E-state index in [9.17, 15) is 4.79 Å². The number of hydrogen-bond acceptors (Lipinski definition) is 4. The van der Waals surface area contributed by atoms with E-state index in [1.807, 2.05) is 18.2 Å². The van der Waals surface area contributed by atoms with Crippen molar-refractivity contribution in [3.63, 3.8) is 0 Å². The Morgan fingerprint density at radius 3 is 2.86 bits per heavy atom. The van der Waals surface area contributed by atoms with Crippen molar-refractivity contribution in [2.45, 2.75) is 6.92 Å². The molecule has 1 aromatic carbocycles. The molecule has 0 fully saturated rings. The first kappa shape index (κ1) is 8.62. The number of para-hydroxylation sites is 1. The van der Waals surface area contributed by atoms with E-state index >= 15 is 0 Å². The highest BCUT2D eigenvalue weighted by Gasteiger charge is 2.19. The average Bonchev–Trinajstić information content (AvgIpc) is 2.18. The van der Waals surface area contributed by atoms with Gasteiger partial charge in [-0.3, -0.25) is 4.79 Å². The predicted octanol–water partition coefficient (Wildman–Crippen LogP) is 0.800. The molecule has 1 aliphatic heterocycles. The number of Topliss-reactive ketones (excluding diaryl/α,β-unsaturated/α-hetero) is 1. The van der Waals surface area contributed by atoms with Gasteiger partial charge in [0.15, 0.2) is 11.5 Å². The molecule has 1 aromatic rings. The van der Waals surface area contributed by atoms with Crippen molar-refractivity contribution in [1.82, 2.24) is 5.48 Å². The molecule has 72 valence electrons. The Bertz CT molecular complexity index is 424. The standard InChI is InChI=1S/C10H10N2O2/c1-6(13)10-9(11)7-4-2-3-5-8(7)14-12-10/h2-5,12H,11H2,1H3. The third-order valence-electron chi connectivity index (χ3n) is 2.06. The van der Waals surface area contributed by atoms with Crippen molar-refractivity contribution in [3.8, 4) is 5.75 Å². The van der Waals surface area contributed by atoms with E-state index in [4.69, 9.17) is 10.6 Å². The Balaban J connectivity index is 2.56. The van der Waals surface area contributed by atoms with Crippen LogP contribution in [0.1, 0.15) is 12.5 Å². The first-order valence-electron chi connectivity index (χ1n) is 4.23. The van der Waals surface area contributed by atoms with Crippen LogP contribution in [0.3, 0.4) is 0 Å². The highest BCUT2D eigenvalue weighted by Crippen LogP contribution is 2.27. The number of benzene rings is 1. The topological polar surface area (TPSA) is 64.4 Å². The van der Waals surface area contributed by atoms with Gasteiger partial charge in [-0.25, -0.2) is 5.48 Å². The maximum absolute atomic E-state index is 11.1. The fourth-order valence-electron chi connectivity index (χ4n) is 1.34. The molecule has 1 heterocycles. The summed E-state index contributed by atoms with van der Waals surface area (Å²) in [6.45, 7) is 1.44. The first-order chi connectivity index (χ1) is 6.70. The normalized spacial score (nSPS) is 14.1. The number of allylic oxidation sites excluding steroid dienone is 1. The molecule has 1 aliphatic rings. The minimum atomic E-state index is -0.142. The molecule has 0 aromatic heterocycles. The second kappa shape index (κ2) is 3.06. The molecular weight excluding hydrogens is 180 g/mol. The van der Waals surface area contributed by atoms with Crippen molar-refractivity contribution in [1.29, 1.82) is 0 Å². The molecule has 0 atom stereocenters. The van der Waals surface area contributed by atoms with E-state index in [1.165, 1.54) is 6.92 Å². The van der Waals surface area contributed by atoms with Crippen LogP contribution in [-0.2, 0) is 4.79 Å². The molecular formula is C10H10N2O2. The van der Waals surface area contributed by atoms with Crippen LogP contribution in [0.4, 0.5) is 0 Å². The summed E-state index contributed by atoms with van der Waals surface area (Å²) >= 11 is 0. The van der Waals surface area contributed by atoms with Crippen molar-refractivity contribution in [2.75, 3.05) is 0 Å². The quantitative estimate of drug-likeness (QED) is 0.687. The van der Waals surface area contributed by atoms with E-state index < -0.39 is 0 Å². The van der Waals surface area contributed by atoms with Gasteiger partial charge in [-0.05, 0) is 12.1 Å². The number of carbonyl (C=O) groups excluding carboxylic acids is 1. The van der Waals surface area contributed by atoms with E-state index in [0.717, 1.165) is 5.56 Å². The lowest BCUT2D eigenvalue weighted by Crippen LogP contribution is -2.30. The minimum absolute atomic E-state index is 0.142. The van der Waals surface area contributed by atoms with Gasteiger partial charge in [0, 0.05) is 12.5 Å². The van der Waals surface area contributed by atoms with Gasteiger partial charge in [-0.2, -0.15) is 0 Å². The molecule has 0 radical (unpaired) electrons. The number of fused-ring (bicyclic) bond motifs is 1. The summed E-state index contributed by atoms with van der Waals surface area (Å²) < 4.78 is 0. The summed E-state index contributed by atoms with van der Waals surface area (Å²) in [5, 5.41) is 0. The van der Waals surface area contributed by atoms with Crippen LogP contribution in [0.25, 0.3) is 5.70 Å². The average molecular weight is 190 g/mol. The van der Waals surface area contributed by atoms with Crippen molar-refractivity contribution < 1.29 is 9.63 Å². The van der Waals surface area contributed by atoms with Crippen LogP contribution in [0.5, 0.6) is 5.75 Å². The Morgan fingerprint density at radius 2 is 2.14 bits per heavy atom. The van der Waals surface area contributed by atoms with E-state index in [-0.39, 0.29) is 5.78 Å². The first-order valence-corrected chi connectivity index (χ1v) is 4.23. The van der Waals surface area contributed by atoms with Gasteiger partial charge in [0.25, 0.3) is 0 Å². The van der Waals surface area contributed by atoms with E-state index in [2.05, 4.69) is 5.48 Å². The maximum Gasteiger partial charge on any atom is 0.181 e. The van der Waals surface area contributed by atoms with Crippen LogP contribution < -0.4 is 16.1 Å². The van der Waals surface area contributed by atoms with Crippen molar-refractivity contribution >= 4 is 11.5 Å². The number of ketones is 1. The summed E-state index contributed by atoms with van der Waals surface area (Å²) in [5.41, 5.74) is 9.82. The van der Waals surface area contributed by atoms with Crippen molar-refractivity contribution in [3.05, 3.63) is 35.5 Å². The summed E-state index contributed by atoms with van der Waals surface area (Å²) in [4.78, 5) is 16.3. The zero-order valence-corrected chi connectivity index (χ0v) is 7.70. The lowest BCUT2D eigenvalue weighted by molar-refractivity contribution is -0.114. The third kappa shape index (κ3) is 1.21. The minimum Gasteiger partial charge on any atom is -0.396 e. The molecule has 2 rings (SSSR count). The molecule has 0 bridgehead atoms. The highest BCUT2D eigenvalue weighted by atomic mass is 16.6. The summed E-state index contributed by atoms with van der Waals surface area (Å²) in [5.74, 6) is 0.493. The third-order valence-corrected chi connectivity index (χ3v) is 2.06. The molecule has 0 saturated carbocycles. The molecule has 0 saturated heterocycles. The van der Waals surface area contributed by atoms with Crippen molar-refractivity contribution in [2.24, 2.45) is 5.73 Å². The Kier molecular flexibility index (Phi) is 1.89. The van der Waals surface area contributed by atoms with Gasteiger partial charge in [-0.1, -0.05) is 12.1 Å². The van der Waals surface area contributed by atoms with E-state index in [1.54, 1.807) is 6.07 Å². The Morgan fingerprint density at radius 1 is 1.43 bits per heavy atom. The fraction of sp³-hybridized carbons (Fsp3) is 0.100. The summed E-state index contributed by atoms with van der Waals surface area (Å²) in [6, 6.07) is 7.28. The number of nitrogens with two attached hydrogens (primary N) is 1. The predicted molar refractivity (Wildman–Crippen MR) is 52.0 cm³/mol. The van der Waals surface area contributed by atoms with Gasteiger partial charge in [0.05, 0.1) is 5.70 Å². The van der Waals surface area contributed by atoms with Gasteiger partial charge in [0.2, 0.25) is 0 Å². The molecule has 4 heteroatoms. The largest absolute Gasteiger partial charge is 0.396 e. The fourth-order valence-corrected chi connectivity index (χ4v) is 1.34. The zero-order chi connectivity index (χ0) is 10.1. The Hall–Kier alpha value is -1.97. The number of hydrogen-bond donors (Lipinski definition) is 2. The SMILES string of the molecule is CC(=O)C1=C(N)c2ccccc2ON1. The highest BCUT2D eigenvalue weighted by molar-refractivity contribution is 6.00. The molecule has 0 aliphatic carbocycles. The number of hydroxylamine groups is 1. The van der Waals surface area contributed by atoms with Gasteiger partial charge >= 0.3 is 0 Å². The van der Waals surface area contributed by atoms with Crippen LogP contribution in [0, 0.1) is 0 Å². The number of carbonyl (C=O) groups is 1. The molecule has 4 nitrogen and oxygen atoms in total. The molecule has 0 unspecified atom stereocenters. The summed E-state index contributed by atoms with van der Waals surface area (Å²) in [6.07, 6.45) is 0. The molecule has 0 spiro atoms. The van der Waals surface area contributed by atoms with E-state index in [0.29, 0.717) is 17.1 Å². The van der Waals surface area contributed by atoms with Crippen LogP contribution >= 0.6 is 0 Å². The van der Waals surface area contributed by atoms with Crippen LogP contribution in [0.15, 0.2) is 30.0 Å². The lowest BCUT2D eigenvalue weighted by atomic mass is 10.1. The van der Waals surface area contributed by atoms with Crippen LogP contribution in [0.2, 0.25) is 0 Å². The number of nitrogens with one attached hydrogen (secondary N) is 1. The Labute approximate surface area is 81.3 Å². The van der Waals surface area contributed by atoms with Gasteiger partial charge in [0.1, 0.15) is 5.70 Å². The molecule has 14 heavy (non-hydrogen) atoms. The smallest absolute Gasteiger partial charge is 0.181 e. The monoisotopic (exact) mass is 190 g/mol. The van der Waals surface area contributed by atoms with Gasteiger partial charge in [-0.15, -0.1) is 0 Å². The molecule has 3 N–H and O–H groups in total. The number of rotatable bonds is 1. The summed E-state index contributed by atoms with van der Waals surface area (Å²) in [7, 11) is 0. The molecule has 0 amide bonds. The maximum atomic E-state index is 11.1. The second-order valence-electron chi connectivity index (χ2n) is 3.05. The second-order valence-corrected chi connectivity index (χ2v) is 3.05. The lowest BCUT2D eigenvalue weighted by Gasteiger charge is -2.20. The zero-order valence-electron chi connectivity index (χ0n) is 7.70.